The van der Waals surface area contributed by atoms with Crippen LogP contribution in [0.5, 0.6) is 17.2 Å². The number of benzene rings is 4. The monoisotopic (exact) mass is 833 g/mol. The summed E-state index contributed by atoms with van der Waals surface area (Å²) >= 11 is 6.29. The highest BCUT2D eigenvalue weighted by Gasteiger charge is 2.45. The normalized spacial score (nSPS) is 17.3. The molecule has 3 aliphatic heterocycles. The number of carbonyl (C=O) groups is 5. The molecule has 0 aliphatic carbocycles. The standard InChI is InChI=1S/C46H48ClN5O8/c47-22-21-36(30-7-13-33(53)14-8-30)42(31-9-15-34(54)16-10-31)32-11-17-35(18-12-32)60-29-28-50-24-26-51(27-25-50)41(56)6-1-2-23-48-38-5-3-4-37-43(38)46(59)52(45(37)58)39-19-20-40(55)49-44(39)57/h3-5,7-18,39,48,53-54H,1-2,6,19-29H2,(H,49,55,57). The van der Waals surface area contributed by atoms with Crippen LogP contribution in [0, 0.1) is 0 Å². The number of alkyl halides is 1. The number of hydrogen-bond donors (Lipinski definition) is 4. The number of fused-ring (bicyclic) bond motifs is 1. The van der Waals surface area contributed by atoms with Gasteiger partial charge in [0.2, 0.25) is 17.7 Å². The topological polar surface area (TPSA) is 169 Å². The first-order valence-corrected chi connectivity index (χ1v) is 20.8. The molecular weight excluding hydrogens is 786 g/mol. The molecule has 0 bridgehead atoms. The minimum absolute atomic E-state index is 0.0577. The predicted octanol–water partition coefficient (Wildman–Crippen LogP) is 5.89. The Hall–Kier alpha value is -6.18. The molecule has 0 spiro atoms. The Kier molecular flexibility index (Phi) is 13.5. The van der Waals surface area contributed by atoms with E-state index in [0.717, 1.165) is 58.1 Å². The van der Waals surface area contributed by atoms with Gasteiger partial charge >= 0.3 is 0 Å². The van der Waals surface area contributed by atoms with Crippen LogP contribution in [0.3, 0.4) is 0 Å². The number of allylic oxidation sites excluding steroid dienone is 1. The molecule has 13 nitrogen and oxygen atoms in total. The summed E-state index contributed by atoms with van der Waals surface area (Å²) in [7, 11) is 0. The number of amides is 5. The predicted molar refractivity (Wildman–Crippen MR) is 228 cm³/mol. The molecule has 1 atom stereocenters. The van der Waals surface area contributed by atoms with E-state index in [0.29, 0.717) is 63.5 Å². The zero-order valence-electron chi connectivity index (χ0n) is 33.2. The SMILES string of the molecule is O=C1CCC(N2C(=O)c3cccc(NCCCCC(=O)N4CCN(CCOc5ccc(C(=C(CCCl)c6ccc(O)cc6)c6ccc(O)cc6)cc5)CC4)c3C2=O)C(=O)N1. The van der Waals surface area contributed by atoms with E-state index in [9.17, 15) is 34.2 Å². The molecule has 2 saturated heterocycles. The number of unbranched alkanes of at least 4 members (excludes halogenated alkanes) is 1. The molecule has 60 heavy (non-hydrogen) atoms. The Labute approximate surface area is 353 Å². The summed E-state index contributed by atoms with van der Waals surface area (Å²) in [4.78, 5) is 68.7. The molecule has 4 N–H and O–H groups in total. The van der Waals surface area contributed by atoms with Crippen LogP contribution in [0.4, 0.5) is 5.69 Å². The van der Waals surface area contributed by atoms with E-state index in [1.807, 2.05) is 53.4 Å². The van der Waals surface area contributed by atoms with Crippen molar-refractivity contribution in [2.24, 2.45) is 0 Å². The summed E-state index contributed by atoms with van der Waals surface area (Å²) in [5.74, 6) is -0.562. The van der Waals surface area contributed by atoms with Crippen molar-refractivity contribution < 1.29 is 38.9 Å². The van der Waals surface area contributed by atoms with E-state index in [-0.39, 0.29) is 41.4 Å². The summed E-state index contributed by atoms with van der Waals surface area (Å²) in [5, 5.41) is 25.3. The molecule has 14 heteroatoms. The van der Waals surface area contributed by atoms with Crippen LogP contribution >= 0.6 is 11.6 Å². The minimum atomic E-state index is -1.02. The van der Waals surface area contributed by atoms with Crippen LogP contribution < -0.4 is 15.4 Å². The third-order valence-electron chi connectivity index (χ3n) is 11.2. The fourth-order valence-corrected chi connectivity index (χ4v) is 8.18. The lowest BCUT2D eigenvalue weighted by Gasteiger charge is -2.34. The quantitative estimate of drug-likeness (QED) is 0.0463. The Balaban J connectivity index is 0.847. The Morgan fingerprint density at radius 3 is 2.08 bits per heavy atom. The largest absolute Gasteiger partial charge is 0.508 e. The number of rotatable bonds is 16. The van der Waals surface area contributed by atoms with Crippen molar-refractivity contribution >= 4 is 58.0 Å². The van der Waals surface area contributed by atoms with E-state index in [4.69, 9.17) is 16.3 Å². The number of anilines is 1. The summed E-state index contributed by atoms with van der Waals surface area (Å²) < 4.78 is 6.14. The molecule has 312 valence electrons. The lowest BCUT2D eigenvalue weighted by molar-refractivity contribution is -0.136. The lowest BCUT2D eigenvalue weighted by atomic mass is 9.88. The van der Waals surface area contributed by atoms with Gasteiger partial charge in [0.25, 0.3) is 11.8 Å². The van der Waals surface area contributed by atoms with Crippen molar-refractivity contribution in [1.29, 1.82) is 0 Å². The maximum Gasteiger partial charge on any atom is 0.264 e. The summed E-state index contributed by atoms with van der Waals surface area (Å²) in [5.41, 5.74) is 5.78. The average Bonchev–Trinajstić information content (AvgIpc) is 3.51. The molecule has 2 fully saturated rings. The van der Waals surface area contributed by atoms with E-state index in [1.165, 1.54) is 0 Å². The van der Waals surface area contributed by atoms with Gasteiger partial charge in [0.05, 0.1) is 11.1 Å². The second kappa shape index (κ2) is 19.3. The van der Waals surface area contributed by atoms with Crippen LogP contribution in [0.2, 0.25) is 0 Å². The number of aromatic hydroxyl groups is 2. The number of nitrogens with zero attached hydrogens (tertiary/aromatic N) is 3. The van der Waals surface area contributed by atoms with Crippen molar-refractivity contribution in [3.05, 3.63) is 119 Å². The Bertz CT molecular complexity index is 2250. The molecule has 0 saturated carbocycles. The average molecular weight is 834 g/mol. The van der Waals surface area contributed by atoms with Gasteiger partial charge in [-0.25, -0.2) is 0 Å². The molecule has 0 aromatic heterocycles. The highest BCUT2D eigenvalue weighted by atomic mass is 35.5. The molecule has 0 radical (unpaired) electrons. The Morgan fingerprint density at radius 1 is 0.783 bits per heavy atom. The fourth-order valence-electron chi connectivity index (χ4n) is 7.99. The van der Waals surface area contributed by atoms with Crippen LogP contribution in [-0.4, -0.2) is 112 Å². The number of piperidine rings is 1. The maximum absolute atomic E-state index is 13.3. The second-order valence-corrected chi connectivity index (χ2v) is 15.4. The van der Waals surface area contributed by atoms with Crippen molar-refractivity contribution in [3.8, 4) is 17.2 Å². The Morgan fingerprint density at radius 2 is 1.43 bits per heavy atom. The maximum atomic E-state index is 13.3. The number of hydrogen-bond acceptors (Lipinski definition) is 10. The number of phenolic OH excluding ortho intramolecular Hbond substituents is 2. The van der Waals surface area contributed by atoms with E-state index in [2.05, 4.69) is 15.5 Å². The van der Waals surface area contributed by atoms with Gasteiger partial charge in [-0.2, -0.15) is 0 Å². The van der Waals surface area contributed by atoms with E-state index < -0.39 is 29.7 Å². The zero-order chi connectivity index (χ0) is 42.2. The number of imide groups is 2. The van der Waals surface area contributed by atoms with Crippen LogP contribution in [0.1, 0.15) is 75.9 Å². The lowest BCUT2D eigenvalue weighted by Crippen LogP contribution is -2.54. The molecule has 3 heterocycles. The first kappa shape index (κ1) is 42.0. The molecule has 4 aromatic carbocycles. The van der Waals surface area contributed by atoms with Crippen LogP contribution in [0.25, 0.3) is 11.1 Å². The molecule has 1 unspecified atom stereocenters. The molecule has 4 aromatic rings. The summed E-state index contributed by atoms with van der Waals surface area (Å²) in [6, 6.07) is 26.0. The van der Waals surface area contributed by atoms with Crippen molar-refractivity contribution in [3.63, 3.8) is 0 Å². The van der Waals surface area contributed by atoms with Crippen molar-refractivity contribution in [2.75, 3.05) is 57.1 Å². The highest BCUT2D eigenvalue weighted by molar-refractivity contribution is 6.25. The molecular formula is C46H48ClN5O8. The van der Waals surface area contributed by atoms with Crippen LogP contribution in [-0.2, 0) is 14.4 Å². The van der Waals surface area contributed by atoms with Crippen LogP contribution in [0.15, 0.2) is 91.0 Å². The van der Waals surface area contributed by atoms with Gasteiger partial charge in [0.1, 0.15) is 29.9 Å². The number of carbonyl (C=O) groups excluding carboxylic acids is 5. The van der Waals surface area contributed by atoms with Crippen molar-refractivity contribution in [2.45, 2.75) is 44.6 Å². The van der Waals surface area contributed by atoms with Gasteiger partial charge in [0.15, 0.2) is 0 Å². The van der Waals surface area contributed by atoms with Gasteiger partial charge < -0.3 is 25.2 Å². The summed E-state index contributed by atoms with van der Waals surface area (Å²) in [6.45, 7) is 4.48. The number of phenols is 2. The molecule has 7 rings (SSSR count). The number of ether oxygens (including phenoxy) is 1. The fraction of sp³-hybridized carbons (Fsp3) is 0.326. The smallest absolute Gasteiger partial charge is 0.264 e. The highest BCUT2D eigenvalue weighted by Crippen LogP contribution is 2.37. The van der Waals surface area contributed by atoms with Gasteiger partial charge in [-0.1, -0.05) is 42.5 Å². The number of halogens is 1. The van der Waals surface area contributed by atoms with Crippen molar-refractivity contribution in [1.82, 2.24) is 20.0 Å². The zero-order valence-corrected chi connectivity index (χ0v) is 34.0. The number of nitrogens with one attached hydrogen (secondary N) is 2. The van der Waals surface area contributed by atoms with Gasteiger partial charge in [-0.15, -0.1) is 11.6 Å². The first-order chi connectivity index (χ1) is 29.1. The number of piperazine rings is 1. The third kappa shape index (κ3) is 9.64. The van der Waals surface area contributed by atoms with Gasteiger partial charge in [-0.05, 0) is 102 Å². The van der Waals surface area contributed by atoms with E-state index in [1.54, 1.807) is 42.5 Å². The molecule has 5 amide bonds. The van der Waals surface area contributed by atoms with E-state index >= 15 is 0 Å². The summed E-state index contributed by atoms with van der Waals surface area (Å²) in [6.07, 6.45) is 2.48. The van der Waals surface area contributed by atoms with Gasteiger partial charge in [0, 0.05) is 63.7 Å². The van der Waals surface area contributed by atoms with Gasteiger partial charge in [-0.3, -0.25) is 39.1 Å². The molecule has 3 aliphatic rings. The second-order valence-electron chi connectivity index (χ2n) is 15.0. The third-order valence-corrected chi connectivity index (χ3v) is 11.4. The first-order valence-electron chi connectivity index (χ1n) is 20.3. The minimum Gasteiger partial charge on any atom is -0.508 e.